The minimum atomic E-state index is -0.00174. The minimum absolute atomic E-state index is 0.00174. The molecule has 0 radical (unpaired) electrons. The van der Waals surface area contributed by atoms with Gasteiger partial charge in [0.25, 0.3) is 0 Å². The van der Waals surface area contributed by atoms with Crippen molar-refractivity contribution in [1.29, 1.82) is 0 Å². The molecule has 1 fully saturated rings. The first kappa shape index (κ1) is 8.03. The average Bonchev–Trinajstić information content (AvgIpc) is 2.02. The second-order valence-electron chi connectivity index (χ2n) is 4.26. The van der Waals surface area contributed by atoms with Crippen LogP contribution in [0.5, 0.6) is 0 Å². The summed E-state index contributed by atoms with van der Waals surface area (Å²) in [5.41, 5.74) is 1.34. The highest BCUT2D eigenvalue weighted by Gasteiger charge is 2.51. The number of Topliss-reactive ketones (excluding diaryl/α,β-unsaturated/α-hetero) is 1. The molecule has 1 spiro atoms. The fourth-order valence-electron chi connectivity index (χ4n) is 2.80. The Kier molecular flexibility index (Phi) is 1.64. The number of carbonyl (C=O) groups excluding carboxylic acids is 1. The molecule has 1 nitrogen and oxygen atoms in total. The largest absolute Gasteiger partial charge is 0.299 e. The lowest BCUT2D eigenvalue weighted by Gasteiger charge is -2.48. The average molecular weight is 164 g/mol. The summed E-state index contributed by atoms with van der Waals surface area (Å²) >= 11 is 0. The van der Waals surface area contributed by atoms with Gasteiger partial charge in [-0.25, -0.2) is 0 Å². The molecule has 66 valence electrons. The molecule has 0 N–H and O–H groups in total. The molecule has 0 aromatic carbocycles. The first-order valence-electron chi connectivity index (χ1n) is 4.88. The fraction of sp³-hybridized carbons (Fsp3) is 0.727. The molecule has 1 heteroatoms. The maximum atomic E-state index is 11.6. The molecule has 2 aliphatic carbocycles. The van der Waals surface area contributed by atoms with E-state index in [4.69, 9.17) is 0 Å². The third-order valence-electron chi connectivity index (χ3n) is 3.84. The first-order chi connectivity index (χ1) is 5.68. The van der Waals surface area contributed by atoms with E-state index in [1.54, 1.807) is 0 Å². The summed E-state index contributed by atoms with van der Waals surface area (Å²) < 4.78 is 0. The van der Waals surface area contributed by atoms with E-state index in [1.807, 2.05) is 0 Å². The van der Waals surface area contributed by atoms with Gasteiger partial charge in [-0.3, -0.25) is 4.79 Å². The molecule has 0 amide bonds. The third-order valence-corrected chi connectivity index (χ3v) is 3.84. The van der Waals surface area contributed by atoms with Crippen molar-refractivity contribution in [3.63, 3.8) is 0 Å². The van der Waals surface area contributed by atoms with Crippen molar-refractivity contribution in [3.8, 4) is 0 Å². The number of carbonyl (C=O) groups is 1. The molecule has 0 aliphatic heterocycles. The Hall–Kier alpha value is -0.590. The molecule has 2 aliphatic rings. The standard InChI is InChI=1S/C11H16O/c1-8-4-3-5-9(2)11(8)7-6-10(11)12/h4,9H,3,5-7H2,1-2H3/t9-,11+/m0/s1. The van der Waals surface area contributed by atoms with E-state index < -0.39 is 0 Å². The Bertz CT molecular complexity index is 252. The molecular weight excluding hydrogens is 148 g/mol. The predicted molar refractivity (Wildman–Crippen MR) is 48.8 cm³/mol. The van der Waals surface area contributed by atoms with Crippen LogP contribution < -0.4 is 0 Å². The van der Waals surface area contributed by atoms with Crippen LogP contribution in [0.25, 0.3) is 0 Å². The zero-order valence-electron chi connectivity index (χ0n) is 7.89. The highest BCUT2D eigenvalue weighted by molar-refractivity contribution is 5.93. The molecule has 0 aromatic rings. The van der Waals surface area contributed by atoms with Crippen molar-refractivity contribution < 1.29 is 4.79 Å². The van der Waals surface area contributed by atoms with Gasteiger partial charge in [-0.2, -0.15) is 0 Å². The molecule has 0 saturated heterocycles. The smallest absolute Gasteiger partial charge is 0.143 e. The predicted octanol–water partition coefficient (Wildman–Crippen LogP) is 2.71. The Morgan fingerprint density at radius 1 is 1.58 bits per heavy atom. The van der Waals surface area contributed by atoms with Crippen LogP contribution in [0.1, 0.15) is 39.5 Å². The summed E-state index contributed by atoms with van der Waals surface area (Å²) in [4.78, 5) is 11.6. The molecule has 0 bridgehead atoms. The lowest BCUT2D eigenvalue weighted by molar-refractivity contribution is -0.139. The van der Waals surface area contributed by atoms with Gasteiger partial charge >= 0.3 is 0 Å². The van der Waals surface area contributed by atoms with Crippen LogP contribution >= 0.6 is 0 Å². The van der Waals surface area contributed by atoms with Crippen LogP contribution in [0.3, 0.4) is 0 Å². The molecule has 2 rings (SSSR count). The number of hydrogen-bond donors (Lipinski definition) is 0. The van der Waals surface area contributed by atoms with E-state index >= 15 is 0 Å². The van der Waals surface area contributed by atoms with Crippen molar-refractivity contribution in [2.75, 3.05) is 0 Å². The summed E-state index contributed by atoms with van der Waals surface area (Å²) in [5.74, 6) is 1.08. The van der Waals surface area contributed by atoms with Gasteiger partial charge in [-0.05, 0) is 32.1 Å². The molecule has 1 saturated carbocycles. The molecular formula is C11H16O. The minimum Gasteiger partial charge on any atom is -0.299 e. The maximum Gasteiger partial charge on any atom is 0.143 e. The second-order valence-corrected chi connectivity index (χ2v) is 4.26. The quantitative estimate of drug-likeness (QED) is 0.503. The number of hydrogen-bond acceptors (Lipinski definition) is 1. The zero-order valence-corrected chi connectivity index (χ0v) is 7.89. The van der Waals surface area contributed by atoms with E-state index in [9.17, 15) is 4.79 Å². The van der Waals surface area contributed by atoms with Gasteiger partial charge < -0.3 is 0 Å². The van der Waals surface area contributed by atoms with Gasteiger partial charge in [0.15, 0.2) is 0 Å². The Labute approximate surface area is 73.8 Å². The molecule has 0 aromatic heterocycles. The van der Waals surface area contributed by atoms with Crippen LogP contribution in [-0.4, -0.2) is 5.78 Å². The Morgan fingerprint density at radius 2 is 2.33 bits per heavy atom. The van der Waals surface area contributed by atoms with Crippen molar-refractivity contribution in [2.24, 2.45) is 11.3 Å². The van der Waals surface area contributed by atoms with Crippen molar-refractivity contribution in [2.45, 2.75) is 39.5 Å². The topological polar surface area (TPSA) is 17.1 Å². The van der Waals surface area contributed by atoms with E-state index in [1.165, 1.54) is 18.4 Å². The summed E-state index contributed by atoms with van der Waals surface area (Å²) in [7, 11) is 0. The van der Waals surface area contributed by atoms with E-state index in [-0.39, 0.29) is 5.41 Å². The monoisotopic (exact) mass is 164 g/mol. The van der Waals surface area contributed by atoms with Crippen LogP contribution in [0.2, 0.25) is 0 Å². The van der Waals surface area contributed by atoms with Crippen LogP contribution in [0.15, 0.2) is 11.6 Å². The van der Waals surface area contributed by atoms with E-state index in [2.05, 4.69) is 19.9 Å². The molecule has 0 heterocycles. The summed E-state index contributed by atoms with van der Waals surface area (Å²) in [6.45, 7) is 4.36. The van der Waals surface area contributed by atoms with Crippen LogP contribution in [0.4, 0.5) is 0 Å². The first-order valence-corrected chi connectivity index (χ1v) is 4.88. The summed E-state index contributed by atoms with van der Waals surface area (Å²) in [5, 5.41) is 0. The third kappa shape index (κ3) is 0.769. The second kappa shape index (κ2) is 2.45. The number of rotatable bonds is 0. The van der Waals surface area contributed by atoms with E-state index in [0.29, 0.717) is 11.7 Å². The SMILES string of the molecule is CC1=CCC[C@H](C)[C@@]12CCC2=O. The molecule has 12 heavy (non-hydrogen) atoms. The van der Waals surface area contributed by atoms with Gasteiger partial charge in [0, 0.05) is 6.42 Å². The fourth-order valence-corrected chi connectivity index (χ4v) is 2.80. The van der Waals surface area contributed by atoms with Gasteiger partial charge in [-0.15, -0.1) is 0 Å². The highest BCUT2D eigenvalue weighted by Crippen LogP contribution is 2.53. The van der Waals surface area contributed by atoms with Gasteiger partial charge in [-0.1, -0.05) is 18.6 Å². The number of ketones is 1. The van der Waals surface area contributed by atoms with Crippen LogP contribution in [-0.2, 0) is 4.79 Å². The van der Waals surface area contributed by atoms with Gasteiger partial charge in [0.05, 0.1) is 5.41 Å². The van der Waals surface area contributed by atoms with Crippen molar-refractivity contribution in [3.05, 3.63) is 11.6 Å². The molecule has 0 unspecified atom stereocenters. The Balaban J connectivity index is 2.37. The van der Waals surface area contributed by atoms with Crippen molar-refractivity contribution >= 4 is 5.78 Å². The Morgan fingerprint density at radius 3 is 2.67 bits per heavy atom. The maximum absolute atomic E-state index is 11.6. The summed E-state index contributed by atoms with van der Waals surface area (Å²) in [6.07, 6.45) is 6.55. The van der Waals surface area contributed by atoms with Gasteiger partial charge in [0.2, 0.25) is 0 Å². The number of allylic oxidation sites excluding steroid dienone is 2. The molecule has 2 atom stereocenters. The summed E-state index contributed by atoms with van der Waals surface area (Å²) in [6, 6.07) is 0. The zero-order chi connectivity index (χ0) is 8.77. The van der Waals surface area contributed by atoms with Crippen molar-refractivity contribution in [1.82, 2.24) is 0 Å². The highest BCUT2D eigenvalue weighted by atomic mass is 16.1. The lowest BCUT2D eigenvalue weighted by Crippen LogP contribution is -2.48. The van der Waals surface area contributed by atoms with Crippen LogP contribution in [0, 0.1) is 11.3 Å². The normalized spacial score (nSPS) is 41.0. The lowest BCUT2D eigenvalue weighted by atomic mass is 9.54. The van der Waals surface area contributed by atoms with Gasteiger partial charge in [0.1, 0.15) is 5.78 Å². The van der Waals surface area contributed by atoms with E-state index in [0.717, 1.165) is 12.8 Å².